The molecular formula is C15H24ClN3O3S. The van der Waals surface area contributed by atoms with Crippen molar-refractivity contribution in [2.45, 2.75) is 44.0 Å². The lowest BCUT2D eigenvalue weighted by atomic mass is 10.0. The lowest BCUT2D eigenvalue weighted by molar-refractivity contribution is 0.0928. The number of nitrogens with one attached hydrogen (secondary N) is 1. The van der Waals surface area contributed by atoms with Crippen molar-refractivity contribution in [3.05, 3.63) is 28.8 Å². The zero-order valence-electron chi connectivity index (χ0n) is 13.3. The summed E-state index contributed by atoms with van der Waals surface area (Å²) in [5.74, 6) is 0.00607. The van der Waals surface area contributed by atoms with Crippen LogP contribution in [-0.2, 0) is 10.0 Å². The second-order valence-electron chi connectivity index (χ2n) is 5.97. The summed E-state index contributed by atoms with van der Waals surface area (Å²) >= 11 is 0. The van der Waals surface area contributed by atoms with E-state index in [1.165, 1.54) is 6.07 Å². The molecule has 1 fully saturated rings. The van der Waals surface area contributed by atoms with E-state index < -0.39 is 10.0 Å². The summed E-state index contributed by atoms with van der Waals surface area (Å²) < 4.78 is 23.3. The Morgan fingerprint density at radius 1 is 1.30 bits per heavy atom. The summed E-state index contributed by atoms with van der Waals surface area (Å²) in [5.41, 5.74) is 7.32. The average molecular weight is 362 g/mol. The minimum atomic E-state index is -3.85. The quantitative estimate of drug-likeness (QED) is 0.747. The Balaban J connectivity index is 0.00000264. The molecule has 2 rings (SSSR count). The first-order chi connectivity index (χ1) is 10.2. The number of hydrogen-bond donors (Lipinski definition) is 3. The maximum atomic E-state index is 12.4. The standard InChI is InChI=1S/C15H23N3O3S.ClH/c1-9-6-12(7-14(10(9)2)22(17,20)21)15(19)18-13-5-3-4-11(13)8-16;/h6-7,11,13H,3-5,8,16H2,1-2H3,(H,18,19)(H2,17,20,21);1H. The molecule has 0 aliphatic heterocycles. The van der Waals surface area contributed by atoms with Gasteiger partial charge in [0.05, 0.1) is 4.90 Å². The minimum Gasteiger partial charge on any atom is -0.349 e. The average Bonchev–Trinajstić information content (AvgIpc) is 2.87. The summed E-state index contributed by atoms with van der Waals surface area (Å²) in [6.07, 6.45) is 2.96. The van der Waals surface area contributed by atoms with E-state index in [1.54, 1.807) is 19.9 Å². The van der Waals surface area contributed by atoms with Crippen molar-refractivity contribution in [3.8, 4) is 0 Å². The van der Waals surface area contributed by atoms with E-state index in [4.69, 9.17) is 10.9 Å². The van der Waals surface area contributed by atoms with E-state index >= 15 is 0 Å². The highest BCUT2D eigenvalue weighted by molar-refractivity contribution is 7.89. The van der Waals surface area contributed by atoms with Gasteiger partial charge < -0.3 is 11.1 Å². The lowest BCUT2D eigenvalue weighted by Crippen LogP contribution is -2.40. The topological polar surface area (TPSA) is 115 Å². The first kappa shape index (κ1) is 19.9. The molecule has 0 aromatic heterocycles. The number of rotatable bonds is 4. The van der Waals surface area contributed by atoms with Crippen molar-refractivity contribution < 1.29 is 13.2 Å². The Morgan fingerprint density at radius 3 is 2.52 bits per heavy atom. The van der Waals surface area contributed by atoms with E-state index in [0.717, 1.165) is 24.8 Å². The number of aryl methyl sites for hydroxylation is 1. The van der Waals surface area contributed by atoms with Crippen LogP contribution in [0.3, 0.4) is 0 Å². The molecule has 0 saturated heterocycles. The fourth-order valence-electron chi connectivity index (χ4n) is 3.01. The fraction of sp³-hybridized carbons (Fsp3) is 0.533. The molecule has 0 spiro atoms. The summed E-state index contributed by atoms with van der Waals surface area (Å²) in [4.78, 5) is 12.4. The van der Waals surface area contributed by atoms with E-state index in [0.29, 0.717) is 17.7 Å². The second-order valence-corrected chi connectivity index (χ2v) is 7.50. The molecule has 0 heterocycles. The Bertz CT molecular complexity index is 691. The van der Waals surface area contributed by atoms with E-state index in [-0.39, 0.29) is 35.2 Å². The van der Waals surface area contributed by atoms with Crippen LogP contribution in [0.1, 0.15) is 40.7 Å². The molecule has 1 amide bonds. The summed E-state index contributed by atoms with van der Waals surface area (Å²) in [5, 5.41) is 8.19. The van der Waals surface area contributed by atoms with Crippen LogP contribution in [0.15, 0.2) is 17.0 Å². The number of amides is 1. The second kappa shape index (κ2) is 7.61. The third-order valence-corrected chi connectivity index (χ3v) is 5.50. The first-order valence-electron chi connectivity index (χ1n) is 7.39. The van der Waals surface area contributed by atoms with Crippen molar-refractivity contribution in [1.82, 2.24) is 5.32 Å². The molecule has 0 radical (unpaired) electrons. The molecule has 2 unspecified atom stereocenters. The van der Waals surface area contributed by atoms with Crippen molar-refractivity contribution in [3.63, 3.8) is 0 Å². The molecule has 6 nitrogen and oxygen atoms in total. The van der Waals surface area contributed by atoms with Crippen LogP contribution in [0.2, 0.25) is 0 Å². The van der Waals surface area contributed by atoms with Gasteiger partial charge in [-0.05, 0) is 62.4 Å². The largest absolute Gasteiger partial charge is 0.349 e. The van der Waals surface area contributed by atoms with Gasteiger partial charge in [-0.15, -0.1) is 12.4 Å². The number of sulfonamides is 1. The third kappa shape index (κ3) is 4.44. The summed E-state index contributed by atoms with van der Waals surface area (Å²) in [7, 11) is -3.85. The van der Waals surface area contributed by atoms with Gasteiger partial charge in [-0.3, -0.25) is 4.79 Å². The monoisotopic (exact) mass is 361 g/mol. The fourth-order valence-corrected chi connectivity index (χ4v) is 3.89. The Labute approximate surface area is 143 Å². The predicted octanol–water partition coefficient (Wildman–Crippen LogP) is 1.23. The van der Waals surface area contributed by atoms with Gasteiger partial charge in [0.15, 0.2) is 0 Å². The first-order valence-corrected chi connectivity index (χ1v) is 8.93. The summed E-state index contributed by atoms with van der Waals surface area (Å²) in [6.45, 7) is 3.98. The number of halogens is 1. The van der Waals surface area contributed by atoms with Gasteiger partial charge in [-0.1, -0.05) is 6.42 Å². The zero-order chi connectivity index (χ0) is 16.5. The highest BCUT2D eigenvalue weighted by Gasteiger charge is 2.28. The highest BCUT2D eigenvalue weighted by Crippen LogP contribution is 2.25. The van der Waals surface area contributed by atoms with Crippen LogP contribution in [-0.4, -0.2) is 26.9 Å². The van der Waals surface area contributed by atoms with E-state index in [2.05, 4.69) is 5.32 Å². The van der Waals surface area contributed by atoms with Crippen molar-refractivity contribution in [2.24, 2.45) is 16.8 Å². The normalized spacial score (nSPS) is 20.9. The maximum Gasteiger partial charge on any atom is 0.251 e. The number of hydrogen-bond acceptors (Lipinski definition) is 4. The Kier molecular flexibility index (Phi) is 6.59. The van der Waals surface area contributed by atoms with Gasteiger partial charge >= 0.3 is 0 Å². The van der Waals surface area contributed by atoms with Gasteiger partial charge in [0, 0.05) is 11.6 Å². The molecule has 1 saturated carbocycles. The Hall–Kier alpha value is -1.15. The molecular weight excluding hydrogens is 338 g/mol. The van der Waals surface area contributed by atoms with Crippen LogP contribution < -0.4 is 16.2 Å². The number of carbonyl (C=O) groups excluding carboxylic acids is 1. The third-order valence-electron chi connectivity index (χ3n) is 4.47. The molecule has 0 bridgehead atoms. The van der Waals surface area contributed by atoms with E-state index in [9.17, 15) is 13.2 Å². The lowest BCUT2D eigenvalue weighted by Gasteiger charge is -2.20. The van der Waals surface area contributed by atoms with Gasteiger partial charge in [0.2, 0.25) is 10.0 Å². The zero-order valence-corrected chi connectivity index (χ0v) is 15.0. The molecule has 1 aliphatic rings. The van der Waals surface area contributed by atoms with Crippen LogP contribution >= 0.6 is 12.4 Å². The molecule has 1 aliphatic carbocycles. The van der Waals surface area contributed by atoms with Crippen LogP contribution in [0.5, 0.6) is 0 Å². The van der Waals surface area contributed by atoms with Gasteiger partial charge in [-0.25, -0.2) is 13.6 Å². The van der Waals surface area contributed by atoms with Crippen molar-refractivity contribution in [1.29, 1.82) is 0 Å². The Morgan fingerprint density at radius 2 is 1.96 bits per heavy atom. The molecule has 1 aromatic rings. The van der Waals surface area contributed by atoms with Gasteiger partial charge in [0.1, 0.15) is 0 Å². The SMILES string of the molecule is Cc1cc(C(=O)NC2CCCC2CN)cc(S(N)(=O)=O)c1C.Cl. The van der Waals surface area contributed by atoms with Crippen LogP contribution in [0, 0.1) is 19.8 Å². The number of benzene rings is 1. The number of carbonyl (C=O) groups is 1. The van der Waals surface area contributed by atoms with Crippen LogP contribution in [0.25, 0.3) is 0 Å². The minimum absolute atomic E-state index is 0. The van der Waals surface area contributed by atoms with Crippen molar-refractivity contribution >= 4 is 28.3 Å². The molecule has 1 aromatic carbocycles. The highest BCUT2D eigenvalue weighted by atomic mass is 35.5. The summed E-state index contributed by atoms with van der Waals surface area (Å²) in [6, 6.07) is 3.09. The molecule has 2 atom stereocenters. The molecule has 5 N–H and O–H groups in total. The number of primary sulfonamides is 1. The van der Waals surface area contributed by atoms with Gasteiger partial charge in [-0.2, -0.15) is 0 Å². The predicted molar refractivity (Wildman–Crippen MR) is 92.2 cm³/mol. The maximum absolute atomic E-state index is 12.4. The van der Waals surface area contributed by atoms with Gasteiger partial charge in [0.25, 0.3) is 5.91 Å². The molecule has 130 valence electrons. The van der Waals surface area contributed by atoms with E-state index in [1.807, 2.05) is 0 Å². The van der Waals surface area contributed by atoms with Crippen molar-refractivity contribution in [2.75, 3.05) is 6.54 Å². The van der Waals surface area contributed by atoms with Crippen LogP contribution in [0.4, 0.5) is 0 Å². The molecule has 23 heavy (non-hydrogen) atoms. The molecule has 8 heteroatoms. The smallest absolute Gasteiger partial charge is 0.251 e. The number of nitrogens with two attached hydrogens (primary N) is 2.